The molecule has 2 rings (SSSR count). The largest absolute Gasteiger partial charge is 0.383 e. The molecule has 1 aliphatic heterocycles. The van der Waals surface area contributed by atoms with Crippen molar-refractivity contribution in [1.82, 2.24) is 15.1 Å². The first-order chi connectivity index (χ1) is 10.3. The van der Waals surface area contributed by atoms with Crippen molar-refractivity contribution in [1.29, 1.82) is 0 Å². The van der Waals surface area contributed by atoms with Crippen molar-refractivity contribution < 1.29 is 9.47 Å². The van der Waals surface area contributed by atoms with E-state index in [1.165, 1.54) is 0 Å². The lowest BCUT2D eigenvalue weighted by molar-refractivity contribution is 0.177. The molecule has 0 radical (unpaired) electrons. The summed E-state index contributed by atoms with van der Waals surface area (Å²) in [7, 11) is 1.70. The summed E-state index contributed by atoms with van der Waals surface area (Å²) in [5.74, 6) is 0.598. The Kier molecular flexibility index (Phi) is 6.96. The zero-order valence-electron chi connectivity index (χ0n) is 13.0. The van der Waals surface area contributed by atoms with Gasteiger partial charge in [0.25, 0.3) is 0 Å². The minimum atomic E-state index is 0.225. The average Bonchev–Trinajstić information content (AvgIpc) is 3.11. The van der Waals surface area contributed by atoms with Gasteiger partial charge in [0.05, 0.1) is 36.1 Å². The molecule has 0 aliphatic carbocycles. The summed E-state index contributed by atoms with van der Waals surface area (Å²) in [5, 5.41) is 8.74. The van der Waals surface area contributed by atoms with Gasteiger partial charge in [-0.25, -0.2) is 0 Å². The molecule has 0 aromatic carbocycles. The normalized spacial score (nSPS) is 20.0. The topological polar surface area (TPSA) is 48.3 Å². The van der Waals surface area contributed by atoms with E-state index in [4.69, 9.17) is 21.1 Å². The Hall–Kier alpha value is -0.620. The van der Waals surface area contributed by atoms with Gasteiger partial charge in [-0.3, -0.25) is 4.68 Å². The van der Waals surface area contributed by atoms with Crippen LogP contribution in [0.15, 0.2) is 6.20 Å². The molecule has 1 aromatic heterocycles. The molecule has 120 valence electrons. The van der Waals surface area contributed by atoms with Gasteiger partial charge in [0.2, 0.25) is 0 Å². The van der Waals surface area contributed by atoms with Crippen LogP contribution in [0.2, 0.25) is 5.02 Å². The average molecular weight is 316 g/mol. The Morgan fingerprint density at radius 3 is 3.14 bits per heavy atom. The second kappa shape index (κ2) is 8.73. The fraction of sp³-hybridized carbons (Fsp3) is 0.800. The molecule has 0 bridgehead atoms. The highest BCUT2D eigenvalue weighted by atomic mass is 35.5. The Morgan fingerprint density at radius 2 is 2.48 bits per heavy atom. The van der Waals surface area contributed by atoms with Crippen LogP contribution >= 0.6 is 11.6 Å². The summed E-state index contributed by atoms with van der Waals surface area (Å²) in [5.41, 5.74) is 1.08. The third-order valence-electron chi connectivity index (χ3n) is 3.90. The first kappa shape index (κ1) is 16.7. The number of aromatic nitrogens is 2. The van der Waals surface area contributed by atoms with E-state index in [2.05, 4.69) is 17.3 Å². The number of nitrogens with one attached hydrogen (secondary N) is 1. The summed E-state index contributed by atoms with van der Waals surface area (Å²) >= 11 is 6.39. The van der Waals surface area contributed by atoms with Crippen molar-refractivity contribution in [3.63, 3.8) is 0 Å². The first-order valence-electron chi connectivity index (χ1n) is 7.77. The summed E-state index contributed by atoms with van der Waals surface area (Å²) in [6.07, 6.45) is 5.01. The summed E-state index contributed by atoms with van der Waals surface area (Å²) in [6, 6.07) is 0.225. The Labute approximate surface area is 131 Å². The van der Waals surface area contributed by atoms with Crippen molar-refractivity contribution in [3.05, 3.63) is 16.9 Å². The second-order valence-corrected chi connectivity index (χ2v) is 5.97. The zero-order valence-corrected chi connectivity index (χ0v) is 13.7. The predicted octanol–water partition coefficient (Wildman–Crippen LogP) is 2.65. The fourth-order valence-corrected chi connectivity index (χ4v) is 3.06. The number of ether oxygens (including phenoxy) is 2. The lowest BCUT2D eigenvalue weighted by atomic mass is 9.97. The van der Waals surface area contributed by atoms with E-state index in [9.17, 15) is 0 Å². The molecular formula is C15H26ClN3O2. The highest BCUT2D eigenvalue weighted by Crippen LogP contribution is 2.30. The smallest absolute Gasteiger partial charge is 0.0834 e. The maximum absolute atomic E-state index is 6.39. The first-order valence-corrected chi connectivity index (χ1v) is 8.15. The minimum absolute atomic E-state index is 0.225. The van der Waals surface area contributed by atoms with Crippen LogP contribution < -0.4 is 5.32 Å². The monoisotopic (exact) mass is 315 g/mol. The number of hydrogen-bond donors (Lipinski definition) is 1. The van der Waals surface area contributed by atoms with Gasteiger partial charge in [-0.2, -0.15) is 5.10 Å². The highest BCUT2D eigenvalue weighted by Gasteiger charge is 2.25. The van der Waals surface area contributed by atoms with E-state index in [0.29, 0.717) is 12.5 Å². The molecule has 2 heterocycles. The van der Waals surface area contributed by atoms with Crippen molar-refractivity contribution in [2.75, 3.05) is 33.5 Å². The van der Waals surface area contributed by atoms with Gasteiger partial charge >= 0.3 is 0 Å². The third kappa shape index (κ3) is 4.68. The van der Waals surface area contributed by atoms with Crippen molar-refractivity contribution in [2.24, 2.45) is 5.92 Å². The molecule has 5 nitrogen and oxygen atoms in total. The van der Waals surface area contributed by atoms with Gasteiger partial charge in [0.1, 0.15) is 0 Å². The van der Waals surface area contributed by atoms with E-state index >= 15 is 0 Å². The quantitative estimate of drug-likeness (QED) is 0.761. The van der Waals surface area contributed by atoms with Crippen LogP contribution in [0.1, 0.15) is 37.9 Å². The van der Waals surface area contributed by atoms with Crippen LogP contribution in [0.4, 0.5) is 0 Å². The summed E-state index contributed by atoms with van der Waals surface area (Å²) < 4.78 is 12.6. The molecule has 21 heavy (non-hydrogen) atoms. The molecule has 0 saturated carbocycles. The molecular weight excluding hydrogens is 290 g/mol. The van der Waals surface area contributed by atoms with Crippen molar-refractivity contribution in [3.8, 4) is 0 Å². The number of nitrogens with zero attached hydrogens (tertiary/aromatic N) is 2. The van der Waals surface area contributed by atoms with Crippen LogP contribution in [-0.4, -0.2) is 43.3 Å². The molecule has 1 aliphatic rings. The molecule has 1 fully saturated rings. The van der Waals surface area contributed by atoms with E-state index in [-0.39, 0.29) is 6.04 Å². The third-order valence-corrected chi connectivity index (χ3v) is 4.20. The van der Waals surface area contributed by atoms with Crippen LogP contribution in [-0.2, 0) is 16.0 Å². The number of halogens is 1. The standard InChI is InChI=1S/C15H26ClN3O2/c1-3-5-17-14(9-12-4-7-21-11-12)15-13(16)10-18-19(15)6-8-20-2/h10,12,14,17H,3-9,11H2,1-2H3. The van der Waals surface area contributed by atoms with Crippen LogP contribution in [0, 0.1) is 5.92 Å². The maximum Gasteiger partial charge on any atom is 0.0834 e. The van der Waals surface area contributed by atoms with Crippen molar-refractivity contribution >= 4 is 11.6 Å². The predicted molar refractivity (Wildman–Crippen MR) is 83.7 cm³/mol. The molecule has 2 atom stereocenters. The van der Waals surface area contributed by atoms with Gasteiger partial charge in [-0.05, 0) is 31.7 Å². The van der Waals surface area contributed by atoms with Gasteiger partial charge < -0.3 is 14.8 Å². The molecule has 2 unspecified atom stereocenters. The van der Waals surface area contributed by atoms with Gasteiger partial charge in [-0.1, -0.05) is 18.5 Å². The SMILES string of the molecule is CCCNC(CC1CCOC1)c1c(Cl)cnn1CCOC. The summed E-state index contributed by atoms with van der Waals surface area (Å²) in [4.78, 5) is 0. The van der Waals surface area contributed by atoms with Crippen LogP contribution in [0.5, 0.6) is 0 Å². The summed E-state index contributed by atoms with van der Waals surface area (Å²) in [6.45, 7) is 6.24. The number of rotatable bonds is 9. The van der Waals surface area contributed by atoms with E-state index in [1.54, 1.807) is 13.3 Å². The molecule has 1 N–H and O–H groups in total. The Morgan fingerprint density at radius 1 is 1.62 bits per heavy atom. The second-order valence-electron chi connectivity index (χ2n) is 5.57. The highest BCUT2D eigenvalue weighted by molar-refractivity contribution is 6.31. The van der Waals surface area contributed by atoms with Crippen molar-refractivity contribution in [2.45, 2.75) is 38.8 Å². The molecule has 0 amide bonds. The van der Waals surface area contributed by atoms with Gasteiger partial charge in [-0.15, -0.1) is 0 Å². The van der Waals surface area contributed by atoms with Gasteiger partial charge in [0, 0.05) is 20.3 Å². The molecule has 6 heteroatoms. The number of methoxy groups -OCH3 is 1. The van der Waals surface area contributed by atoms with Gasteiger partial charge in [0.15, 0.2) is 0 Å². The van der Waals surface area contributed by atoms with Crippen LogP contribution in [0.25, 0.3) is 0 Å². The maximum atomic E-state index is 6.39. The molecule has 0 spiro atoms. The zero-order chi connectivity index (χ0) is 15.1. The Bertz CT molecular complexity index is 419. The van der Waals surface area contributed by atoms with E-state index in [0.717, 1.165) is 56.3 Å². The fourth-order valence-electron chi connectivity index (χ4n) is 2.79. The Balaban J connectivity index is 2.11. The molecule has 1 aromatic rings. The minimum Gasteiger partial charge on any atom is -0.383 e. The lowest BCUT2D eigenvalue weighted by Gasteiger charge is -2.23. The van der Waals surface area contributed by atoms with E-state index in [1.807, 2.05) is 4.68 Å². The molecule has 1 saturated heterocycles. The van der Waals surface area contributed by atoms with Crippen LogP contribution in [0.3, 0.4) is 0 Å². The number of hydrogen-bond acceptors (Lipinski definition) is 4. The van der Waals surface area contributed by atoms with E-state index < -0.39 is 0 Å². The lowest BCUT2D eigenvalue weighted by Crippen LogP contribution is -2.28.